The lowest BCUT2D eigenvalue weighted by atomic mass is 10.0. The maximum absolute atomic E-state index is 14.1. The number of fused-ring (bicyclic) bond motifs is 1. The molecule has 0 saturated heterocycles. The number of para-hydroxylation sites is 3. The second-order valence-corrected chi connectivity index (χ2v) is 8.88. The first-order valence-electron chi connectivity index (χ1n) is 11.9. The zero-order chi connectivity index (χ0) is 24.2. The van der Waals surface area contributed by atoms with Crippen molar-refractivity contribution in [2.75, 3.05) is 18.6 Å². The van der Waals surface area contributed by atoms with Crippen molar-refractivity contribution in [1.29, 1.82) is 0 Å². The Balaban J connectivity index is 1.82. The maximum atomic E-state index is 14.1. The predicted octanol–water partition coefficient (Wildman–Crippen LogP) is 5.95. The molecule has 1 amide bonds. The van der Waals surface area contributed by atoms with Gasteiger partial charge in [0.15, 0.2) is 0 Å². The van der Waals surface area contributed by atoms with Gasteiger partial charge >= 0.3 is 0 Å². The molecule has 0 aliphatic heterocycles. The fraction of sp³-hybridized carbons (Fsp3) is 0.310. The number of amides is 1. The van der Waals surface area contributed by atoms with Crippen LogP contribution in [0.25, 0.3) is 22.4 Å². The molecule has 0 bridgehead atoms. The Morgan fingerprint density at radius 2 is 1.76 bits per heavy atom. The van der Waals surface area contributed by atoms with Crippen molar-refractivity contribution in [2.24, 2.45) is 0 Å². The first-order chi connectivity index (χ1) is 16.4. The third-order valence-corrected chi connectivity index (χ3v) is 6.32. The molecule has 0 radical (unpaired) electrons. The molecule has 5 heteroatoms. The van der Waals surface area contributed by atoms with Gasteiger partial charge in [-0.25, -0.2) is 4.98 Å². The fourth-order valence-corrected chi connectivity index (χ4v) is 4.63. The SMILES string of the molecule is CCc1cccc(C)c1N(C(=O)Cn1c(-c2ccc(C)cc2)nc2ccccc21)C(C)COC. The molecule has 0 saturated carbocycles. The van der Waals surface area contributed by atoms with E-state index >= 15 is 0 Å². The summed E-state index contributed by atoms with van der Waals surface area (Å²) in [5, 5.41) is 0. The molecular weight excluding hydrogens is 422 g/mol. The van der Waals surface area contributed by atoms with Crippen molar-refractivity contribution < 1.29 is 9.53 Å². The van der Waals surface area contributed by atoms with E-state index in [1.165, 1.54) is 5.56 Å². The summed E-state index contributed by atoms with van der Waals surface area (Å²) in [5.41, 5.74) is 7.25. The van der Waals surface area contributed by atoms with Crippen molar-refractivity contribution in [3.05, 3.63) is 83.4 Å². The summed E-state index contributed by atoms with van der Waals surface area (Å²) < 4.78 is 7.51. The van der Waals surface area contributed by atoms with E-state index < -0.39 is 0 Å². The largest absolute Gasteiger partial charge is 0.383 e. The molecule has 3 aromatic carbocycles. The Kier molecular flexibility index (Phi) is 7.13. The van der Waals surface area contributed by atoms with Crippen molar-refractivity contribution in [3.63, 3.8) is 0 Å². The molecule has 176 valence electrons. The number of imidazole rings is 1. The second-order valence-electron chi connectivity index (χ2n) is 8.88. The van der Waals surface area contributed by atoms with Crippen LogP contribution in [0.2, 0.25) is 0 Å². The Morgan fingerprint density at radius 1 is 1.03 bits per heavy atom. The number of carbonyl (C=O) groups is 1. The molecule has 1 heterocycles. The lowest BCUT2D eigenvalue weighted by molar-refractivity contribution is -0.119. The standard InChI is InChI=1S/C29H33N3O2/c1-6-23-11-9-10-21(3)28(23)32(22(4)19-34-5)27(33)18-31-26-13-8-7-12-25(26)30-29(31)24-16-14-20(2)15-17-24/h7-17,22H,6,18-19H2,1-5H3. The number of benzene rings is 3. The zero-order valence-corrected chi connectivity index (χ0v) is 20.7. The number of hydrogen-bond acceptors (Lipinski definition) is 3. The Hall–Kier alpha value is -3.44. The molecule has 1 atom stereocenters. The van der Waals surface area contributed by atoms with Crippen LogP contribution >= 0.6 is 0 Å². The molecule has 0 spiro atoms. The molecule has 0 aliphatic rings. The van der Waals surface area contributed by atoms with E-state index in [0.717, 1.165) is 45.7 Å². The average molecular weight is 456 g/mol. The Morgan fingerprint density at radius 3 is 2.47 bits per heavy atom. The fourth-order valence-electron chi connectivity index (χ4n) is 4.63. The van der Waals surface area contributed by atoms with Gasteiger partial charge in [0, 0.05) is 12.7 Å². The summed E-state index contributed by atoms with van der Waals surface area (Å²) >= 11 is 0. The van der Waals surface area contributed by atoms with Crippen LogP contribution in [0.3, 0.4) is 0 Å². The summed E-state index contributed by atoms with van der Waals surface area (Å²) in [5.74, 6) is 0.819. The summed E-state index contributed by atoms with van der Waals surface area (Å²) in [6.07, 6.45) is 0.850. The van der Waals surface area contributed by atoms with Crippen LogP contribution in [0, 0.1) is 13.8 Å². The van der Waals surface area contributed by atoms with Crippen LogP contribution in [-0.4, -0.2) is 35.2 Å². The predicted molar refractivity (Wildman–Crippen MR) is 139 cm³/mol. The summed E-state index contributed by atoms with van der Waals surface area (Å²) in [6.45, 7) is 8.95. The Bertz CT molecular complexity index is 1290. The van der Waals surface area contributed by atoms with Gasteiger partial charge in [-0.2, -0.15) is 0 Å². The molecule has 1 aromatic heterocycles. The first kappa shape index (κ1) is 23.7. The highest BCUT2D eigenvalue weighted by Crippen LogP contribution is 2.30. The molecular formula is C29H33N3O2. The van der Waals surface area contributed by atoms with Crippen molar-refractivity contribution in [2.45, 2.75) is 46.7 Å². The smallest absolute Gasteiger partial charge is 0.247 e. The van der Waals surface area contributed by atoms with Gasteiger partial charge < -0.3 is 14.2 Å². The van der Waals surface area contributed by atoms with Gasteiger partial charge in [0.1, 0.15) is 12.4 Å². The lowest BCUT2D eigenvalue weighted by Crippen LogP contribution is -2.44. The van der Waals surface area contributed by atoms with Gasteiger partial charge in [0.25, 0.3) is 0 Å². The van der Waals surface area contributed by atoms with E-state index in [1.807, 2.05) is 40.7 Å². The molecule has 4 rings (SSSR count). The zero-order valence-electron chi connectivity index (χ0n) is 20.7. The van der Waals surface area contributed by atoms with Crippen LogP contribution in [0.15, 0.2) is 66.7 Å². The van der Waals surface area contributed by atoms with Gasteiger partial charge in [0.2, 0.25) is 5.91 Å². The first-order valence-corrected chi connectivity index (χ1v) is 11.9. The number of nitrogens with zero attached hydrogens (tertiary/aromatic N) is 3. The van der Waals surface area contributed by atoms with Crippen molar-refractivity contribution >= 4 is 22.6 Å². The van der Waals surface area contributed by atoms with Crippen molar-refractivity contribution in [3.8, 4) is 11.4 Å². The van der Waals surface area contributed by atoms with Crippen LogP contribution in [0.4, 0.5) is 5.69 Å². The number of methoxy groups -OCH3 is 1. The number of aromatic nitrogens is 2. The van der Waals surface area contributed by atoms with E-state index in [1.54, 1.807) is 7.11 Å². The Labute approximate surface area is 202 Å². The van der Waals surface area contributed by atoms with Gasteiger partial charge in [-0.1, -0.05) is 67.1 Å². The summed E-state index contributed by atoms with van der Waals surface area (Å²) in [4.78, 5) is 20.9. The van der Waals surface area contributed by atoms with Crippen LogP contribution < -0.4 is 4.90 Å². The third kappa shape index (κ3) is 4.62. The van der Waals surface area contributed by atoms with Gasteiger partial charge in [-0.15, -0.1) is 0 Å². The highest BCUT2D eigenvalue weighted by molar-refractivity contribution is 5.97. The minimum absolute atomic E-state index is 0.0186. The average Bonchev–Trinajstić information content (AvgIpc) is 3.19. The van der Waals surface area contributed by atoms with Crippen molar-refractivity contribution in [1.82, 2.24) is 9.55 Å². The molecule has 0 aliphatic carbocycles. The molecule has 0 fully saturated rings. The number of hydrogen-bond donors (Lipinski definition) is 0. The summed E-state index contributed by atoms with van der Waals surface area (Å²) in [7, 11) is 1.68. The highest BCUT2D eigenvalue weighted by Gasteiger charge is 2.27. The second kappa shape index (κ2) is 10.2. The maximum Gasteiger partial charge on any atom is 0.247 e. The third-order valence-electron chi connectivity index (χ3n) is 6.32. The minimum atomic E-state index is -0.110. The van der Waals surface area contributed by atoms with Crippen LogP contribution in [0.5, 0.6) is 0 Å². The number of anilines is 1. The topological polar surface area (TPSA) is 47.4 Å². The van der Waals surface area contributed by atoms with E-state index in [9.17, 15) is 4.79 Å². The van der Waals surface area contributed by atoms with Gasteiger partial charge in [0.05, 0.1) is 29.4 Å². The number of ether oxygens (including phenoxy) is 1. The minimum Gasteiger partial charge on any atom is -0.383 e. The van der Waals surface area contributed by atoms with E-state index in [2.05, 4.69) is 63.2 Å². The van der Waals surface area contributed by atoms with Gasteiger partial charge in [-0.05, 0) is 50.5 Å². The molecule has 34 heavy (non-hydrogen) atoms. The van der Waals surface area contributed by atoms with Crippen LogP contribution in [0.1, 0.15) is 30.5 Å². The highest BCUT2D eigenvalue weighted by atomic mass is 16.5. The normalized spacial score (nSPS) is 12.1. The monoisotopic (exact) mass is 455 g/mol. The molecule has 4 aromatic rings. The van der Waals surface area contributed by atoms with E-state index in [4.69, 9.17) is 9.72 Å². The molecule has 0 N–H and O–H groups in total. The lowest BCUT2D eigenvalue weighted by Gasteiger charge is -2.32. The quantitative estimate of drug-likeness (QED) is 0.330. The molecule has 1 unspecified atom stereocenters. The molecule has 5 nitrogen and oxygen atoms in total. The van der Waals surface area contributed by atoms with Gasteiger partial charge in [-0.3, -0.25) is 4.79 Å². The van der Waals surface area contributed by atoms with E-state index in [0.29, 0.717) is 6.61 Å². The number of carbonyl (C=O) groups excluding carboxylic acids is 1. The summed E-state index contributed by atoms with van der Waals surface area (Å²) in [6, 6.07) is 22.4. The van der Waals surface area contributed by atoms with Crippen LogP contribution in [-0.2, 0) is 22.5 Å². The number of aryl methyl sites for hydroxylation is 3. The number of rotatable bonds is 8. The van der Waals surface area contributed by atoms with E-state index in [-0.39, 0.29) is 18.5 Å².